The van der Waals surface area contributed by atoms with Gasteiger partial charge in [0.05, 0.1) is 6.54 Å². The van der Waals surface area contributed by atoms with Crippen molar-refractivity contribution in [2.24, 2.45) is 0 Å². The lowest BCUT2D eigenvalue weighted by atomic mass is 10.0. The molecule has 1 heterocycles. The molecule has 2 N–H and O–H groups in total. The number of amides is 1. The topological polar surface area (TPSA) is 44.4 Å². The summed E-state index contributed by atoms with van der Waals surface area (Å²) in [5.41, 5.74) is 0. The lowest BCUT2D eigenvalue weighted by Crippen LogP contribution is -2.50. The zero-order valence-electron chi connectivity index (χ0n) is 13.0. The molecule has 2 aliphatic rings. The van der Waals surface area contributed by atoms with Gasteiger partial charge in [-0.05, 0) is 45.2 Å². The van der Waals surface area contributed by atoms with Gasteiger partial charge in [-0.1, -0.05) is 26.2 Å². The van der Waals surface area contributed by atoms with E-state index < -0.39 is 0 Å². The molecule has 116 valence electrons. The number of carbonyl (C=O) groups is 1. The average Bonchev–Trinajstić information content (AvgIpc) is 2.93. The minimum Gasteiger partial charge on any atom is -0.352 e. The van der Waals surface area contributed by atoms with Crippen molar-refractivity contribution in [3.63, 3.8) is 0 Å². The SMILES string of the molecule is CCCNCC1CCCCN1CC(=O)NC1CCCC1. The minimum atomic E-state index is 0.235. The van der Waals surface area contributed by atoms with E-state index in [0.29, 0.717) is 18.6 Å². The predicted molar refractivity (Wildman–Crippen MR) is 82.8 cm³/mol. The number of carbonyl (C=O) groups excluding carboxylic acids is 1. The Morgan fingerprint density at radius 1 is 1.15 bits per heavy atom. The molecule has 1 amide bonds. The van der Waals surface area contributed by atoms with Crippen LogP contribution in [0.25, 0.3) is 0 Å². The lowest BCUT2D eigenvalue weighted by Gasteiger charge is -2.35. The molecule has 1 saturated heterocycles. The second kappa shape index (κ2) is 8.63. The summed E-state index contributed by atoms with van der Waals surface area (Å²) < 4.78 is 0. The summed E-state index contributed by atoms with van der Waals surface area (Å²) in [4.78, 5) is 14.6. The molecule has 0 aromatic carbocycles. The van der Waals surface area contributed by atoms with Crippen LogP contribution < -0.4 is 10.6 Å². The Hall–Kier alpha value is -0.610. The summed E-state index contributed by atoms with van der Waals surface area (Å²) in [6.07, 6.45) is 9.85. The second-order valence-electron chi connectivity index (χ2n) is 6.37. The molecule has 1 unspecified atom stereocenters. The molecule has 1 atom stereocenters. The number of nitrogens with one attached hydrogen (secondary N) is 2. The van der Waals surface area contributed by atoms with Crippen LogP contribution in [0.15, 0.2) is 0 Å². The molecule has 4 heteroatoms. The van der Waals surface area contributed by atoms with Crippen LogP contribution in [0.5, 0.6) is 0 Å². The van der Waals surface area contributed by atoms with E-state index in [-0.39, 0.29) is 5.91 Å². The van der Waals surface area contributed by atoms with Crippen molar-refractivity contribution in [3.05, 3.63) is 0 Å². The standard InChI is InChI=1S/C16H31N3O/c1-2-10-17-12-15-9-5-6-11-19(15)13-16(20)18-14-7-3-4-8-14/h14-15,17H,2-13H2,1H3,(H,18,20). The third kappa shape index (κ3) is 5.06. The van der Waals surface area contributed by atoms with E-state index in [1.165, 1.54) is 51.4 Å². The zero-order valence-corrected chi connectivity index (χ0v) is 13.0. The van der Waals surface area contributed by atoms with Crippen LogP contribution >= 0.6 is 0 Å². The summed E-state index contributed by atoms with van der Waals surface area (Å²) in [5, 5.41) is 6.72. The largest absolute Gasteiger partial charge is 0.352 e. The van der Waals surface area contributed by atoms with Gasteiger partial charge in [0.1, 0.15) is 0 Å². The van der Waals surface area contributed by atoms with Gasteiger partial charge in [0.15, 0.2) is 0 Å². The Bertz CT molecular complexity index is 289. The van der Waals surface area contributed by atoms with Gasteiger partial charge < -0.3 is 10.6 Å². The van der Waals surface area contributed by atoms with Crippen molar-refractivity contribution >= 4 is 5.91 Å². The van der Waals surface area contributed by atoms with E-state index in [4.69, 9.17) is 0 Å². The molecule has 2 fully saturated rings. The van der Waals surface area contributed by atoms with Gasteiger partial charge in [-0.3, -0.25) is 9.69 Å². The highest BCUT2D eigenvalue weighted by molar-refractivity contribution is 5.78. The molecular weight excluding hydrogens is 250 g/mol. The first-order valence-corrected chi connectivity index (χ1v) is 8.53. The van der Waals surface area contributed by atoms with Gasteiger partial charge in [-0.25, -0.2) is 0 Å². The molecule has 2 rings (SSSR count). The van der Waals surface area contributed by atoms with Crippen molar-refractivity contribution in [2.45, 2.75) is 70.4 Å². The first-order chi connectivity index (χ1) is 9.79. The number of piperidine rings is 1. The maximum atomic E-state index is 12.2. The van der Waals surface area contributed by atoms with Crippen LogP contribution in [0.1, 0.15) is 58.3 Å². The van der Waals surface area contributed by atoms with Crippen LogP contribution in [0, 0.1) is 0 Å². The van der Waals surface area contributed by atoms with Gasteiger partial charge in [0.25, 0.3) is 0 Å². The Labute approximate surface area is 123 Å². The summed E-state index contributed by atoms with van der Waals surface area (Å²) >= 11 is 0. The number of likely N-dealkylation sites (tertiary alicyclic amines) is 1. The van der Waals surface area contributed by atoms with Crippen LogP contribution in [0.2, 0.25) is 0 Å². The van der Waals surface area contributed by atoms with Gasteiger partial charge >= 0.3 is 0 Å². The Balaban J connectivity index is 1.73. The minimum absolute atomic E-state index is 0.235. The maximum Gasteiger partial charge on any atom is 0.234 e. The summed E-state index contributed by atoms with van der Waals surface area (Å²) in [7, 11) is 0. The van der Waals surface area contributed by atoms with E-state index in [1.807, 2.05) is 0 Å². The molecule has 0 aromatic rings. The third-order valence-electron chi connectivity index (χ3n) is 4.62. The number of nitrogens with zero attached hydrogens (tertiary/aromatic N) is 1. The van der Waals surface area contributed by atoms with Crippen molar-refractivity contribution < 1.29 is 4.79 Å². The van der Waals surface area contributed by atoms with Crippen molar-refractivity contribution in [2.75, 3.05) is 26.2 Å². The van der Waals surface area contributed by atoms with Gasteiger partial charge in [0.2, 0.25) is 5.91 Å². The quantitative estimate of drug-likeness (QED) is 0.701. The van der Waals surface area contributed by atoms with Gasteiger partial charge in [0, 0.05) is 18.6 Å². The molecule has 0 aromatic heterocycles. The van der Waals surface area contributed by atoms with Crippen molar-refractivity contribution in [3.8, 4) is 0 Å². The molecule has 4 nitrogen and oxygen atoms in total. The first kappa shape index (κ1) is 15.8. The van der Waals surface area contributed by atoms with E-state index in [1.54, 1.807) is 0 Å². The molecule has 1 aliphatic heterocycles. The third-order valence-corrected chi connectivity index (χ3v) is 4.62. The Kier molecular flexibility index (Phi) is 6.80. The first-order valence-electron chi connectivity index (χ1n) is 8.53. The fraction of sp³-hybridized carbons (Fsp3) is 0.938. The molecule has 1 aliphatic carbocycles. The van der Waals surface area contributed by atoms with Gasteiger partial charge in [-0.15, -0.1) is 0 Å². The fourth-order valence-corrected chi connectivity index (χ4v) is 3.47. The Morgan fingerprint density at radius 3 is 2.65 bits per heavy atom. The van der Waals surface area contributed by atoms with Crippen LogP contribution in [-0.4, -0.2) is 49.1 Å². The molecule has 1 saturated carbocycles. The van der Waals surface area contributed by atoms with E-state index in [0.717, 1.165) is 19.6 Å². The van der Waals surface area contributed by atoms with Crippen molar-refractivity contribution in [1.29, 1.82) is 0 Å². The van der Waals surface area contributed by atoms with E-state index in [2.05, 4.69) is 22.5 Å². The monoisotopic (exact) mass is 281 g/mol. The van der Waals surface area contributed by atoms with Gasteiger partial charge in [-0.2, -0.15) is 0 Å². The maximum absolute atomic E-state index is 12.2. The lowest BCUT2D eigenvalue weighted by molar-refractivity contribution is -0.123. The molecule has 0 radical (unpaired) electrons. The number of hydrogen-bond donors (Lipinski definition) is 2. The highest BCUT2D eigenvalue weighted by Gasteiger charge is 2.25. The normalized spacial score (nSPS) is 24.9. The zero-order chi connectivity index (χ0) is 14.2. The predicted octanol–water partition coefficient (Wildman–Crippen LogP) is 1.90. The fourth-order valence-electron chi connectivity index (χ4n) is 3.47. The van der Waals surface area contributed by atoms with Crippen molar-refractivity contribution in [1.82, 2.24) is 15.5 Å². The second-order valence-corrected chi connectivity index (χ2v) is 6.37. The smallest absolute Gasteiger partial charge is 0.234 e. The number of rotatable bonds is 7. The summed E-state index contributed by atoms with van der Waals surface area (Å²) in [6.45, 7) is 5.98. The average molecular weight is 281 g/mol. The van der Waals surface area contributed by atoms with E-state index in [9.17, 15) is 4.79 Å². The van der Waals surface area contributed by atoms with E-state index >= 15 is 0 Å². The molecule has 20 heavy (non-hydrogen) atoms. The number of hydrogen-bond acceptors (Lipinski definition) is 3. The Morgan fingerprint density at radius 2 is 1.90 bits per heavy atom. The highest BCUT2D eigenvalue weighted by atomic mass is 16.2. The van der Waals surface area contributed by atoms with Crippen LogP contribution in [0.4, 0.5) is 0 Å². The molecular formula is C16H31N3O. The summed E-state index contributed by atoms with van der Waals surface area (Å²) in [6, 6.07) is 0.994. The molecule has 0 bridgehead atoms. The van der Waals surface area contributed by atoms with Crippen LogP contribution in [0.3, 0.4) is 0 Å². The molecule has 0 spiro atoms. The highest BCUT2D eigenvalue weighted by Crippen LogP contribution is 2.18. The summed E-state index contributed by atoms with van der Waals surface area (Å²) in [5.74, 6) is 0.235. The van der Waals surface area contributed by atoms with Crippen LogP contribution in [-0.2, 0) is 4.79 Å².